The second-order valence-corrected chi connectivity index (χ2v) is 5.11. The Kier molecular flexibility index (Phi) is 5.77. The first-order valence-corrected chi connectivity index (χ1v) is 7.15. The summed E-state index contributed by atoms with van der Waals surface area (Å²) in [6.45, 7) is 2.19. The number of oxime groups is 1. The Balaban J connectivity index is 2.72. The number of hydrogen-bond acceptors (Lipinski definition) is 5. The van der Waals surface area contributed by atoms with E-state index >= 15 is 0 Å². The van der Waals surface area contributed by atoms with E-state index in [2.05, 4.69) is 28.2 Å². The molecule has 0 spiro atoms. The molecule has 5 nitrogen and oxygen atoms in total. The highest BCUT2D eigenvalue weighted by atomic mass is 32.2. The van der Waals surface area contributed by atoms with E-state index in [1.165, 1.54) is 0 Å². The summed E-state index contributed by atoms with van der Waals surface area (Å²) in [5.74, 6) is 1.17. The van der Waals surface area contributed by atoms with Crippen molar-refractivity contribution in [3.8, 4) is 0 Å². The molecule has 0 aliphatic carbocycles. The molecule has 1 aromatic heterocycles. The molecule has 0 saturated heterocycles. The smallest absolute Gasteiger partial charge is 0.188 e. The first-order chi connectivity index (χ1) is 8.60. The molecule has 1 atom stereocenters. The van der Waals surface area contributed by atoms with Gasteiger partial charge >= 0.3 is 0 Å². The Bertz CT molecular complexity index is 394. The molecule has 18 heavy (non-hydrogen) atoms. The Hall–Kier alpha value is -1.43. The van der Waals surface area contributed by atoms with Gasteiger partial charge in [-0.2, -0.15) is 11.8 Å². The summed E-state index contributed by atoms with van der Waals surface area (Å²) in [4.78, 5) is 6.35. The van der Waals surface area contributed by atoms with Gasteiger partial charge in [-0.15, -0.1) is 0 Å². The van der Waals surface area contributed by atoms with Crippen LogP contribution in [-0.4, -0.2) is 41.1 Å². The molecule has 0 saturated carbocycles. The van der Waals surface area contributed by atoms with Crippen molar-refractivity contribution in [1.29, 1.82) is 0 Å². The molecule has 1 unspecified atom stereocenters. The molecule has 6 heteroatoms. The Morgan fingerprint density at radius 2 is 2.33 bits per heavy atom. The van der Waals surface area contributed by atoms with Crippen LogP contribution in [0, 0.1) is 0 Å². The predicted octanol–water partition coefficient (Wildman–Crippen LogP) is 1.75. The van der Waals surface area contributed by atoms with Crippen molar-refractivity contribution in [3.05, 3.63) is 24.0 Å². The highest BCUT2D eigenvalue weighted by Gasteiger charge is 2.10. The van der Waals surface area contributed by atoms with Crippen molar-refractivity contribution in [2.75, 3.05) is 24.0 Å². The number of anilines is 1. The second-order valence-electron chi connectivity index (χ2n) is 4.13. The fourth-order valence-electron chi connectivity index (χ4n) is 1.53. The van der Waals surface area contributed by atoms with Gasteiger partial charge in [0.1, 0.15) is 5.69 Å². The normalized spacial score (nSPS) is 13.4. The number of hydrogen-bond donors (Lipinski definition) is 2. The van der Waals surface area contributed by atoms with Crippen LogP contribution in [0.2, 0.25) is 0 Å². The van der Waals surface area contributed by atoms with Crippen LogP contribution in [0.15, 0.2) is 23.5 Å². The van der Waals surface area contributed by atoms with E-state index < -0.39 is 0 Å². The largest absolute Gasteiger partial charge is 0.409 e. The molecule has 0 radical (unpaired) electrons. The number of rotatable bonds is 6. The van der Waals surface area contributed by atoms with Crippen LogP contribution in [0.5, 0.6) is 0 Å². The predicted molar refractivity (Wildman–Crippen MR) is 77.6 cm³/mol. The van der Waals surface area contributed by atoms with Crippen LogP contribution >= 0.6 is 11.8 Å². The van der Waals surface area contributed by atoms with Crippen molar-refractivity contribution in [2.45, 2.75) is 19.4 Å². The van der Waals surface area contributed by atoms with Gasteiger partial charge in [-0.3, -0.25) is 4.98 Å². The molecule has 0 aliphatic heterocycles. The summed E-state index contributed by atoms with van der Waals surface area (Å²) in [6.07, 6.45) is 4.97. The monoisotopic (exact) mass is 268 g/mol. The highest BCUT2D eigenvalue weighted by molar-refractivity contribution is 7.98. The summed E-state index contributed by atoms with van der Waals surface area (Å²) < 4.78 is 0. The standard InChI is InChI=1S/C12H20N4OS/c1-9(6-7-18-3)16(2)10-4-5-11(14-8-10)12(13)15-17/h4-5,8-9,17H,6-7H2,1-3H3,(H2,13,15). The third kappa shape index (κ3) is 3.80. The lowest BCUT2D eigenvalue weighted by atomic mass is 10.2. The molecule has 0 amide bonds. The molecule has 3 N–H and O–H groups in total. The fraction of sp³-hybridized carbons (Fsp3) is 0.500. The molecule has 0 aromatic carbocycles. The molecule has 1 aromatic rings. The summed E-state index contributed by atoms with van der Waals surface area (Å²) in [7, 11) is 2.05. The van der Waals surface area contributed by atoms with Gasteiger partial charge in [-0.05, 0) is 37.5 Å². The van der Waals surface area contributed by atoms with Crippen LogP contribution in [0.1, 0.15) is 19.0 Å². The van der Waals surface area contributed by atoms with Crippen LogP contribution in [0.25, 0.3) is 0 Å². The summed E-state index contributed by atoms with van der Waals surface area (Å²) in [5.41, 5.74) is 6.97. The van der Waals surface area contributed by atoms with E-state index in [9.17, 15) is 0 Å². The van der Waals surface area contributed by atoms with Crippen LogP contribution < -0.4 is 10.6 Å². The minimum Gasteiger partial charge on any atom is -0.409 e. The average Bonchev–Trinajstić information content (AvgIpc) is 2.43. The van der Waals surface area contributed by atoms with Gasteiger partial charge in [0.05, 0.1) is 11.9 Å². The maximum absolute atomic E-state index is 8.56. The third-order valence-electron chi connectivity index (χ3n) is 2.93. The average molecular weight is 268 g/mol. The lowest BCUT2D eigenvalue weighted by molar-refractivity contribution is 0.318. The van der Waals surface area contributed by atoms with Crippen molar-refractivity contribution in [1.82, 2.24) is 4.98 Å². The number of amidine groups is 1. The van der Waals surface area contributed by atoms with Crippen LogP contribution in [-0.2, 0) is 0 Å². The van der Waals surface area contributed by atoms with Gasteiger partial charge in [-0.1, -0.05) is 5.16 Å². The van der Waals surface area contributed by atoms with E-state index in [0.29, 0.717) is 11.7 Å². The van der Waals surface area contributed by atoms with Crippen molar-refractivity contribution in [3.63, 3.8) is 0 Å². The van der Waals surface area contributed by atoms with E-state index in [1.807, 2.05) is 24.9 Å². The first kappa shape index (κ1) is 14.6. The molecular formula is C12H20N4OS. The van der Waals surface area contributed by atoms with E-state index in [-0.39, 0.29) is 5.84 Å². The van der Waals surface area contributed by atoms with Gasteiger partial charge < -0.3 is 15.8 Å². The van der Waals surface area contributed by atoms with Gasteiger partial charge in [0.25, 0.3) is 0 Å². The zero-order valence-electron chi connectivity index (χ0n) is 11.0. The zero-order valence-corrected chi connectivity index (χ0v) is 11.8. The van der Waals surface area contributed by atoms with Gasteiger partial charge in [0.2, 0.25) is 0 Å². The lowest BCUT2D eigenvalue weighted by Crippen LogP contribution is -2.29. The van der Waals surface area contributed by atoms with E-state index in [1.54, 1.807) is 12.3 Å². The van der Waals surface area contributed by atoms with Crippen LogP contribution in [0.3, 0.4) is 0 Å². The molecule has 1 heterocycles. The minimum absolute atomic E-state index is 0.0274. The molecule has 0 bridgehead atoms. The summed E-state index contributed by atoms with van der Waals surface area (Å²) in [6, 6.07) is 4.13. The Labute approximate surface area is 112 Å². The summed E-state index contributed by atoms with van der Waals surface area (Å²) >= 11 is 1.85. The highest BCUT2D eigenvalue weighted by Crippen LogP contribution is 2.16. The van der Waals surface area contributed by atoms with Gasteiger partial charge in [0.15, 0.2) is 5.84 Å². The van der Waals surface area contributed by atoms with Gasteiger partial charge in [0, 0.05) is 13.1 Å². The number of nitrogens with two attached hydrogens (primary N) is 1. The number of pyridine rings is 1. The third-order valence-corrected chi connectivity index (χ3v) is 3.57. The SMILES string of the molecule is CSCCC(C)N(C)c1ccc(/C(N)=N/O)nc1. The number of nitrogens with zero attached hydrogens (tertiary/aromatic N) is 3. The first-order valence-electron chi connectivity index (χ1n) is 5.75. The minimum atomic E-state index is 0.0274. The Morgan fingerprint density at radius 1 is 1.61 bits per heavy atom. The molecule has 1 rings (SSSR count). The second kappa shape index (κ2) is 7.10. The number of aromatic nitrogens is 1. The molecule has 0 aliphatic rings. The van der Waals surface area contributed by atoms with Gasteiger partial charge in [-0.25, -0.2) is 0 Å². The fourth-order valence-corrected chi connectivity index (χ4v) is 2.11. The molecule has 100 valence electrons. The quantitative estimate of drug-likeness (QED) is 0.356. The van der Waals surface area contributed by atoms with Crippen LogP contribution in [0.4, 0.5) is 5.69 Å². The topological polar surface area (TPSA) is 74.7 Å². The summed E-state index contributed by atoms with van der Waals surface area (Å²) in [5, 5.41) is 11.5. The molecule has 0 fully saturated rings. The molecular weight excluding hydrogens is 248 g/mol. The lowest BCUT2D eigenvalue weighted by Gasteiger charge is -2.26. The zero-order chi connectivity index (χ0) is 13.5. The van der Waals surface area contributed by atoms with Crippen molar-refractivity contribution in [2.24, 2.45) is 10.9 Å². The van der Waals surface area contributed by atoms with Crippen molar-refractivity contribution < 1.29 is 5.21 Å². The van der Waals surface area contributed by atoms with Crippen molar-refractivity contribution >= 4 is 23.3 Å². The van der Waals surface area contributed by atoms with E-state index in [0.717, 1.165) is 17.9 Å². The number of thioether (sulfide) groups is 1. The maximum Gasteiger partial charge on any atom is 0.188 e. The Morgan fingerprint density at radius 3 is 2.83 bits per heavy atom. The van der Waals surface area contributed by atoms with E-state index in [4.69, 9.17) is 10.9 Å². The maximum atomic E-state index is 8.56.